The van der Waals surface area contributed by atoms with Crippen LogP contribution in [-0.2, 0) is 9.59 Å². The second kappa shape index (κ2) is 12.3. The van der Waals surface area contributed by atoms with Crippen LogP contribution in [0.5, 0.6) is 11.5 Å². The lowest BCUT2D eigenvalue weighted by atomic mass is 10.2. The third-order valence-electron chi connectivity index (χ3n) is 4.16. The highest BCUT2D eigenvalue weighted by atomic mass is 35.5. The first-order valence-electron chi connectivity index (χ1n) is 9.75. The molecule has 0 saturated carbocycles. The molecular weight excluding hydrogens is 427 g/mol. The number of hydrogen-bond acceptors (Lipinski definition) is 4. The Hall–Kier alpha value is -2.44. The van der Waals surface area contributed by atoms with E-state index in [4.69, 9.17) is 32.7 Å². The first kappa shape index (κ1) is 23.8. The third-order valence-corrected chi connectivity index (χ3v) is 4.63. The van der Waals surface area contributed by atoms with Crippen LogP contribution in [0.1, 0.15) is 26.7 Å². The van der Waals surface area contributed by atoms with E-state index in [0.717, 1.165) is 12.8 Å². The van der Waals surface area contributed by atoms with Crippen LogP contribution in [0.15, 0.2) is 48.5 Å². The molecular formula is C22H26Cl2N2O4. The molecule has 0 radical (unpaired) electrons. The van der Waals surface area contributed by atoms with Crippen molar-refractivity contribution >= 4 is 35.0 Å². The first-order chi connectivity index (χ1) is 14.3. The molecule has 0 fully saturated rings. The molecule has 2 aromatic carbocycles. The van der Waals surface area contributed by atoms with Gasteiger partial charge in [0, 0.05) is 23.1 Å². The number of nitrogens with one attached hydrogen (secondary N) is 2. The topological polar surface area (TPSA) is 76.7 Å². The highest BCUT2D eigenvalue weighted by molar-refractivity contribution is 6.31. The smallest absolute Gasteiger partial charge is 0.260 e. The minimum absolute atomic E-state index is 0.206. The summed E-state index contributed by atoms with van der Waals surface area (Å²) < 4.78 is 11.1. The Balaban J connectivity index is 1.58. The van der Waals surface area contributed by atoms with Gasteiger partial charge in [0.25, 0.3) is 11.8 Å². The second-order valence-corrected chi connectivity index (χ2v) is 7.60. The van der Waals surface area contributed by atoms with Gasteiger partial charge in [0.05, 0.1) is 0 Å². The van der Waals surface area contributed by atoms with Gasteiger partial charge in [-0.05, 0) is 63.1 Å². The lowest BCUT2D eigenvalue weighted by Gasteiger charge is -2.16. The van der Waals surface area contributed by atoms with Crippen LogP contribution in [0.3, 0.4) is 0 Å². The largest absolute Gasteiger partial charge is 0.481 e. The molecule has 2 unspecified atom stereocenters. The Kier molecular flexibility index (Phi) is 9.77. The van der Waals surface area contributed by atoms with Crippen molar-refractivity contribution in [2.24, 2.45) is 0 Å². The van der Waals surface area contributed by atoms with Gasteiger partial charge in [0.15, 0.2) is 12.2 Å². The molecule has 0 saturated heterocycles. The molecule has 30 heavy (non-hydrogen) atoms. The Morgan fingerprint density at radius 2 is 1.20 bits per heavy atom. The molecule has 0 aliphatic heterocycles. The van der Waals surface area contributed by atoms with Crippen molar-refractivity contribution in [3.05, 3.63) is 58.6 Å². The summed E-state index contributed by atoms with van der Waals surface area (Å²) in [7, 11) is 0. The van der Waals surface area contributed by atoms with E-state index in [1.165, 1.54) is 0 Å². The van der Waals surface area contributed by atoms with Crippen LogP contribution >= 0.6 is 23.2 Å². The Morgan fingerprint density at radius 3 is 1.57 bits per heavy atom. The summed E-state index contributed by atoms with van der Waals surface area (Å²) >= 11 is 11.8. The summed E-state index contributed by atoms with van der Waals surface area (Å²) in [4.78, 5) is 24.2. The molecule has 0 bridgehead atoms. The van der Waals surface area contributed by atoms with Crippen molar-refractivity contribution in [3.63, 3.8) is 0 Å². The number of carbonyl (C=O) groups excluding carboxylic acids is 2. The molecule has 0 spiro atoms. The van der Waals surface area contributed by atoms with E-state index in [9.17, 15) is 9.59 Å². The number of carbonyl (C=O) groups is 2. The molecule has 0 heterocycles. The molecule has 2 rings (SSSR count). The van der Waals surface area contributed by atoms with Crippen LogP contribution < -0.4 is 20.1 Å². The van der Waals surface area contributed by atoms with Gasteiger partial charge < -0.3 is 20.1 Å². The maximum absolute atomic E-state index is 12.1. The molecule has 0 aliphatic rings. The van der Waals surface area contributed by atoms with Crippen molar-refractivity contribution in [3.8, 4) is 11.5 Å². The van der Waals surface area contributed by atoms with E-state index in [-0.39, 0.29) is 11.8 Å². The molecule has 2 aromatic rings. The van der Waals surface area contributed by atoms with Gasteiger partial charge in [-0.3, -0.25) is 9.59 Å². The van der Waals surface area contributed by atoms with Crippen LogP contribution in [0.2, 0.25) is 10.0 Å². The molecule has 8 heteroatoms. The average molecular weight is 453 g/mol. The normalized spacial score (nSPS) is 12.5. The summed E-state index contributed by atoms with van der Waals surface area (Å²) in [6.07, 6.45) is 0.180. The summed E-state index contributed by atoms with van der Waals surface area (Å²) in [5.41, 5.74) is 0. The molecule has 0 aliphatic carbocycles. The summed E-state index contributed by atoms with van der Waals surface area (Å²) in [6, 6.07) is 13.8. The first-order valence-corrected chi connectivity index (χ1v) is 10.5. The Morgan fingerprint density at radius 1 is 0.800 bits per heavy atom. The Labute approximate surface area is 186 Å². The van der Waals surface area contributed by atoms with Crippen LogP contribution in [0.4, 0.5) is 0 Å². The minimum atomic E-state index is -0.632. The number of amides is 2. The number of hydrogen-bond donors (Lipinski definition) is 2. The van der Waals surface area contributed by atoms with Crippen molar-refractivity contribution in [1.29, 1.82) is 0 Å². The van der Waals surface area contributed by atoms with E-state index in [1.807, 2.05) is 0 Å². The number of halogens is 2. The van der Waals surface area contributed by atoms with Gasteiger partial charge >= 0.3 is 0 Å². The van der Waals surface area contributed by atoms with E-state index >= 15 is 0 Å². The monoisotopic (exact) mass is 452 g/mol. The number of ether oxygens (including phenoxy) is 2. The lowest BCUT2D eigenvalue weighted by molar-refractivity contribution is -0.128. The zero-order chi connectivity index (χ0) is 21.9. The quantitative estimate of drug-likeness (QED) is 0.499. The average Bonchev–Trinajstić information content (AvgIpc) is 2.70. The van der Waals surface area contributed by atoms with Crippen molar-refractivity contribution in [2.75, 3.05) is 13.1 Å². The fraction of sp³-hybridized carbons (Fsp3) is 0.364. The van der Waals surface area contributed by atoms with Gasteiger partial charge in [-0.1, -0.05) is 35.3 Å². The van der Waals surface area contributed by atoms with E-state index in [0.29, 0.717) is 34.6 Å². The van der Waals surface area contributed by atoms with Crippen molar-refractivity contribution in [1.82, 2.24) is 10.6 Å². The van der Waals surface area contributed by atoms with Crippen LogP contribution in [0.25, 0.3) is 0 Å². The number of rotatable bonds is 11. The number of benzene rings is 2. The van der Waals surface area contributed by atoms with Crippen LogP contribution in [-0.4, -0.2) is 37.1 Å². The summed E-state index contributed by atoms with van der Waals surface area (Å²) in [5.74, 6) is 0.675. The van der Waals surface area contributed by atoms with Gasteiger partial charge in [-0.2, -0.15) is 0 Å². The fourth-order valence-electron chi connectivity index (χ4n) is 2.56. The zero-order valence-electron chi connectivity index (χ0n) is 17.0. The maximum atomic E-state index is 12.1. The highest BCUT2D eigenvalue weighted by Crippen LogP contribution is 2.19. The summed E-state index contributed by atoms with van der Waals surface area (Å²) in [6.45, 7) is 4.34. The molecule has 0 aromatic heterocycles. The van der Waals surface area contributed by atoms with Gasteiger partial charge in [-0.15, -0.1) is 0 Å². The standard InChI is InChI=1S/C22H26Cl2N2O4/c1-15(29-19-9-5-7-17(23)13-19)21(27)25-11-3-4-12-26-22(28)16(2)30-20-10-6-8-18(24)14-20/h5-10,13-16H,3-4,11-12H2,1-2H3,(H,25,27)(H,26,28). The van der Waals surface area contributed by atoms with E-state index in [2.05, 4.69) is 10.6 Å². The predicted molar refractivity (Wildman–Crippen MR) is 118 cm³/mol. The van der Waals surface area contributed by atoms with E-state index < -0.39 is 12.2 Å². The third kappa shape index (κ3) is 8.51. The van der Waals surface area contributed by atoms with Crippen molar-refractivity contribution in [2.45, 2.75) is 38.9 Å². The summed E-state index contributed by atoms with van der Waals surface area (Å²) in [5, 5.41) is 6.74. The maximum Gasteiger partial charge on any atom is 0.260 e. The Bertz CT molecular complexity index is 778. The highest BCUT2D eigenvalue weighted by Gasteiger charge is 2.15. The molecule has 2 N–H and O–H groups in total. The van der Waals surface area contributed by atoms with Gasteiger partial charge in [-0.25, -0.2) is 0 Å². The lowest BCUT2D eigenvalue weighted by Crippen LogP contribution is -2.38. The molecule has 162 valence electrons. The molecule has 6 nitrogen and oxygen atoms in total. The fourth-order valence-corrected chi connectivity index (χ4v) is 2.92. The predicted octanol–water partition coefficient (Wildman–Crippen LogP) is 4.24. The minimum Gasteiger partial charge on any atom is -0.481 e. The van der Waals surface area contributed by atoms with Gasteiger partial charge in [0.2, 0.25) is 0 Å². The van der Waals surface area contributed by atoms with E-state index in [1.54, 1.807) is 62.4 Å². The molecule has 2 atom stereocenters. The van der Waals surface area contributed by atoms with Crippen molar-refractivity contribution < 1.29 is 19.1 Å². The van der Waals surface area contributed by atoms with Gasteiger partial charge in [0.1, 0.15) is 11.5 Å². The van der Waals surface area contributed by atoms with Crippen LogP contribution in [0, 0.1) is 0 Å². The second-order valence-electron chi connectivity index (χ2n) is 6.72. The SMILES string of the molecule is CC(Oc1cccc(Cl)c1)C(=O)NCCCCNC(=O)C(C)Oc1cccc(Cl)c1. The molecule has 2 amide bonds. The zero-order valence-corrected chi connectivity index (χ0v) is 18.5. The number of unbranched alkanes of at least 4 members (excludes halogenated alkanes) is 1.